The number of rotatable bonds is 4. The van der Waals surface area contributed by atoms with Gasteiger partial charge in [-0.1, -0.05) is 44.2 Å². The van der Waals surface area contributed by atoms with E-state index in [-0.39, 0.29) is 0 Å². The summed E-state index contributed by atoms with van der Waals surface area (Å²) < 4.78 is 7.13. The Balaban J connectivity index is 1.68. The molecule has 5 heteroatoms. The molecule has 1 N–H and O–H groups in total. The number of amides is 1. The van der Waals surface area contributed by atoms with Crippen LogP contribution in [0.5, 0.6) is 5.75 Å². The van der Waals surface area contributed by atoms with E-state index in [1.807, 2.05) is 61.5 Å². The molecule has 0 saturated heterocycles. The Morgan fingerprint density at radius 3 is 2.40 bits per heavy atom. The van der Waals surface area contributed by atoms with Crippen molar-refractivity contribution in [3.63, 3.8) is 0 Å². The number of nitrogens with zero attached hydrogens (tertiary/aromatic N) is 2. The highest BCUT2D eigenvalue weighted by Gasteiger charge is 2.13. The molecule has 0 aliphatic heterocycles. The topological polar surface area (TPSA) is 56.1 Å². The summed E-state index contributed by atoms with van der Waals surface area (Å²) in [6.07, 6.45) is 1.01. The first-order valence-corrected chi connectivity index (χ1v) is 8.23. The summed E-state index contributed by atoms with van der Waals surface area (Å²) in [6, 6.07) is 17.4. The number of nitrogens with one attached hydrogen (secondary N) is 1. The zero-order valence-corrected chi connectivity index (χ0v) is 14.6. The lowest BCUT2D eigenvalue weighted by Gasteiger charge is -2.09. The van der Waals surface area contributed by atoms with Gasteiger partial charge in [0.25, 0.3) is 0 Å². The number of hydrogen-bond donors (Lipinski definition) is 1. The van der Waals surface area contributed by atoms with Gasteiger partial charge in [-0.2, -0.15) is 5.10 Å². The van der Waals surface area contributed by atoms with E-state index in [4.69, 9.17) is 4.74 Å². The van der Waals surface area contributed by atoms with Crippen molar-refractivity contribution in [2.24, 2.45) is 0 Å². The van der Waals surface area contributed by atoms with Crippen LogP contribution < -0.4 is 10.1 Å². The molecule has 0 radical (unpaired) electrons. The lowest BCUT2D eigenvalue weighted by atomic mass is 10.0. The molecule has 2 aromatic carbocycles. The average Bonchev–Trinajstić information content (AvgIpc) is 2.96. The fourth-order valence-corrected chi connectivity index (χ4v) is 2.52. The minimum Gasteiger partial charge on any atom is -0.406 e. The molecule has 1 aromatic heterocycles. The molecule has 5 nitrogen and oxygen atoms in total. The number of hydrogen-bond acceptors (Lipinski definition) is 3. The lowest BCUT2D eigenvalue weighted by Crippen LogP contribution is -2.17. The molecular formula is C20H21N3O2. The van der Waals surface area contributed by atoms with Gasteiger partial charge >= 0.3 is 6.09 Å². The fourth-order valence-electron chi connectivity index (χ4n) is 2.52. The molecule has 1 heterocycles. The van der Waals surface area contributed by atoms with Crippen molar-refractivity contribution in [3.8, 4) is 11.4 Å². The number of benzene rings is 2. The molecule has 1 amide bonds. The van der Waals surface area contributed by atoms with Gasteiger partial charge in [-0.3, -0.25) is 5.32 Å². The molecule has 0 saturated carbocycles. The molecule has 3 rings (SSSR count). The second-order valence-corrected chi connectivity index (χ2v) is 6.13. The molecule has 128 valence electrons. The molecule has 0 spiro atoms. The average molecular weight is 335 g/mol. The monoisotopic (exact) mass is 335 g/mol. The van der Waals surface area contributed by atoms with Crippen LogP contribution in [-0.4, -0.2) is 15.9 Å². The van der Waals surface area contributed by atoms with Gasteiger partial charge in [0.2, 0.25) is 0 Å². The first-order chi connectivity index (χ1) is 12.0. The van der Waals surface area contributed by atoms with E-state index in [1.165, 1.54) is 5.56 Å². The van der Waals surface area contributed by atoms with Crippen LogP contribution in [0, 0.1) is 6.92 Å². The molecule has 0 unspecified atom stereocenters. The van der Waals surface area contributed by atoms with E-state index in [1.54, 1.807) is 10.9 Å². The molecule has 3 aromatic rings. The van der Waals surface area contributed by atoms with Crippen molar-refractivity contribution < 1.29 is 9.53 Å². The van der Waals surface area contributed by atoms with Crippen LogP contribution in [0.1, 0.15) is 31.0 Å². The van der Waals surface area contributed by atoms with Crippen LogP contribution in [0.25, 0.3) is 5.69 Å². The Bertz CT molecular complexity index is 852. The van der Waals surface area contributed by atoms with Crippen LogP contribution in [0.2, 0.25) is 0 Å². The van der Waals surface area contributed by atoms with Gasteiger partial charge in [0.05, 0.1) is 17.6 Å². The van der Waals surface area contributed by atoms with E-state index in [2.05, 4.69) is 24.3 Å². The van der Waals surface area contributed by atoms with Crippen LogP contribution in [-0.2, 0) is 0 Å². The Labute approximate surface area is 147 Å². The highest BCUT2D eigenvalue weighted by molar-refractivity contribution is 5.86. The SMILES string of the molecule is Cc1c(OC(=O)Nc2ccc(C(C)C)cc2)cnn1-c1ccccc1. The van der Waals surface area contributed by atoms with Crippen molar-refractivity contribution >= 4 is 11.8 Å². The van der Waals surface area contributed by atoms with Gasteiger partial charge in [-0.05, 0) is 42.7 Å². The summed E-state index contributed by atoms with van der Waals surface area (Å²) in [6.45, 7) is 6.12. The van der Waals surface area contributed by atoms with Crippen molar-refractivity contribution in [3.05, 3.63) is 72.1 Å². The van der Waals surface area contributed by atoms with E-state index >= 15 is 0 Å². The number of carbonyl (C=O) groups excluding carboxylic acids is 1. The minimum absolute atomic E-state index is 0.431. The fraction of sp³-hybridized carbons (Fsp3) is 0.200. The zero-order chi connectivity index (χ0) is 17.8. The Hall–Kier alpha value is -3.08. The van der Waals surface area contributed by atoms with Gasteiger partial charge in [0.1, 0.15) is 0 Å². The van der Waals surface area contributed by atoms with Crippen molar-refractivity contribution in [2.45, 2.75) is 26.7 Å². The number of para-hydroxylation sites is 1. The van der Waals surface area contributed by atoms with Crippen LogP contribution in [0.4, 0.5) is 10.5 Å². The third-order valence-corrected chi connectivity index (χ3v) is 3.99. The highest BCUT2D eigenvalue weighted by Crippen LogP contribution is 2.21. The molecule has 0 aliphatic rings. The predicted octanol–water partition coefficient (Wildman–Crippen LogP) is 4.92. The maximum Gasteiger partial charge on any atom is 0.417 e. The number of carbonyl (C=O) groups is 1. The van der Waals surface area contributed by atoms with E-state index < -0.39 is 6.09 Å². The summed E-state index contributed by atoms with van der Waals surface area (Å²) in [5.41, 5.74) is 3.59. The number of ether oxygens (including phenoxy) is 1. The molecule has 0 fully saturated rings. The van der Waals surface area contributed by atoms with Gasteiger partial charge in [0, 0.05) is 5.69 Å². The van der Waals surface area contributed by atoms with Gasteiger partial charge in [0.15, 0.2) is 5.75 Å². The summed E-state index contributed by atoms with van der Waals surface area (Å²) in [4.78, 5) is 12.1. The second-order valence-electron chi connectivity index (χ2n) is 6.13. The molecule has 25 heavy (non-hydrogen) atoms. The second kappa shape index (κ2) is 7.21. The molecule has 0 bridgehead atoms. The van der Waals surface area contributed by atoms with Crippen molar-refractivity contribution in [1.82, 2.24) is 9.78 Å². The Morgan fingerprint density at radius 1 is 1.08 bits per heavy atom. The standard InChI is InChI=1S/C20H21N3O2/c1-14(2)16-9-11-17(12-10-16)22-20(24)25-19-13-21-23(15(19)3)18-7-5-4-6-8-18/h4-14H,1-3H3,(H,22,24). The van der Waals surface area contributed by atoms with Crippen molar-refractivity contribution in [1.29, 1.82) is 0 Å². The van der Waals surface area contributed by atoms with Gasteiger partial charge in [-0.25, -0.2) is 9.48 Å². The number of aromatic nitrogens is 2. The highest BCUT2D eigenvalue weighted by atomic mass is 16.6. The third-order valence-electron chi connectivity index (χ3n) is 3.99. The van der Waals surface area contributed by atoms with E-state index in [0.717, 1.165) is 11.4 Å². The molecular weight excluding hydrogens is 314 g/mol. The first-order valence-electron chi connectivity index (χ1n) is 8.23. The van der Waals surface area contributed by atoms with Gasteiger partial charge in [-0.15, -0.1) is 0 Å². The predicted molar refractivity (Wildman–Crippen MR) is 98.5 cm³/mol. The van der Waals surface area contributed by atoms with Gasteiger partial charge < -0.3 is 4.74 Å². The Morgan fingerprint density at radius 2 is 1.76 bits per heavy atom. The minimum atomic E-state index is -0.534. The maximum atomic E-state index is 12.1. The largest absolute Gasteiger partial charge is 0.417 e. The summed E-state index contributed by atoms with van der Waals surface area (Å²) >= 11 is 0. The van der Waals surface area contributed by atoms with Crippen LogP contribution in [0.15, 0.2) is 60.8 Å². The van der Waals surface area contributed by atoms with Crippen molar-refractivity contribution in [2.75, 3.05) is 5.32 Å². The molecule has 0 aliphatic carbocycles. The maximum absolute atomic E-state index is 12.1. The van der Waals surface area contributed by atoms with Crippen LogP contribution >= 0.6 is 0 Å². The normalized spacial score (nSPS) is 10.7. The molecule has 0 atom stereocenters. The zero-order valence-electron chi connectivity index (χ0n) is 14.6. The lowest BCUT2D eigenvalue weighted by molar-refractivity contribution is 0.215. The quantitative estimate of drug-likeness (QED) is 0.736. The van der Waals surface area contributed by atoms with E-state index in [9.17, 15) is 4.79 Å². The summed E-state index contributed by atoms with van der Waals surface area (Å²) in [5.74, 6) is 0.882. The summed E-state index contributed by atoms with van der Waals surface area (Å²) in [7, 11) is 0. The van der Waals surface area contributed by atoms with E-state index in [0.29, 0.717) is 17.4 Å². The first kappa shape index (κ1) is 16.8. The Kier molecular flexibility index (Phi) is 4.84. The third kappa shape index (κ3) is 3.88. The summed E-state index contributed by atoms with van der Waals surface area (Å²) in [5, 5.41) is 7.02. The van der Waals surface area contributed by atoms with Crippen LogP contribution in [0.3, 0.4) is 0 Å². The smallest absolute Gasteiger partial charge is 0.406 e. The number of anilines is 1.